The van der Waals surface area contributed by atoms with Crippen molar-refractivity contribution in [3.8, 4) is 0 Å². The van der Waals surface area contributed by atoms with E-state index in [1.54, 1.807) is 0 Å². The Morgan fingerprint density at radius 2 is 1.92 bits per heavy atom. The third kappa shape index (κ3) is 4.41. The fraction of sp³-hybridized carbons (Fsp3) is 0.375. The monoisotopic (exact) mass is 358 g/mol. The van der Waals surface area contributed by atoms with Gasteiger partial charge in [0.05, 0.1) is 0 Å². The fourth-order valence-electron chi connectivity index (χ4n) is 2.79. The van der Waals surface area contributed by atoms with Gasteiger partial charge in [0.2, 0.25) is 0 Å². The van der Waals surface area contributed by atoms with Crippen LogP contribution in [0.15, 0.2) is 30.6 Å². The van der Waals surface area contributed by atoms with Crippen molar-refractivity contribution in [2.24, 2.45) is 0 Å². The van der Waals surface area contributed by atoms with Crippen molar-refractivity contribution in [2.45, 2.75) is 25.2 Å². The van der Waals surface area contributed by atoms with Crippen LogP contribution in [0.3, 0.4) is 0 Å². The maximum Gasteiger partial charge on any atom is 0.433 e. The van der Waals surface area contributed by atoms with Gasteiger partial charge in [0.1, 0.15) is 17.8 Å². The molecule has 25 heavy (non-hydrogen) atoms. The Morgan fingerprint density at radius 3 is 2.64 bits per heavy atom. The first-order valence-electron chi connectivity index (χ1n) is 7.63. The molecule has 1 N–H and O–H groups in total. The number of aromatic nitrogens is 2. The highest BCUT2D eigenvalue weighted by Crippen LogP contribution is 2.28. The molecule has 0 saturated carbocycles. The van der Waals surface area contributed by atoms with Crippen LogP contribution in [0, 0.1) is 11.6 Å². The average molecular weight is 358 g/mol. The molecule has 2 heterocycles. The molecule has 0 aliphatic carbocycles. The number of hydrogen-bond acceptors (Lipinski definition) is 4. The molecule has 1 fully saturated rings. The molecule has 9 heteroatoms. The molecule has 3 rings (SSSR count). The molecule has 1 unspecified atom stereocenters. The van der Waals surface area contributed by atoms with Crippen LogP contribution >= 0.6 is 0 Å². The number of benzene rings is 1. The van der Waals surface area contributed by atoms with Gasteiger partial charge in [-0.2, -0.15) is 13.2 Å². The van der Waals surface area contributed by atoms with Crippen molar-refractivity contribution in [1.82, 2.24) is 14.9 Å². The Kier molecular flexibility index (Phi) is 4.85. The van der Waals surface area contributed by atoms with Crippen molar-refractivity contribution >= 4 is 5.82 Å². The lowest BCUT2D eigenvalue weighted by atomic mass is 10.2. The van der Waals surface area contributed by atoms with E-state index in [2.05, 4.69) is 15.3 Å². The maximum absolute atomic E-state index is 13.2. The molecule has 1 aliphatic heterocycles. The topological polar surface area (TPSA) is 41.0 Å². The Morgan fingerprint density at radius 1 is 1.12 bits per heavy atom. The van der Waals surface area contributed by atoms with Crippen LogP contribution in [-0.2, 0) is 12.7 Å². The molecule has 0 radical (unpaired) electrons. The van der Waals surface area contributed by atoms with Gasteiger partial charge in [0.15, 0.2) is 11.6 Å². The minimum atomic E-state index is -4.52. The lowest BCUT2D eigenvalue weighted by Gasteiger charge is -2.17. The Labute approximate surface area is 140 Å². The number of hydrogen-bond donors (Lipinski definition) is 1. The van der Waals surface area contributed by atoms with E-state index in [1.165, 1.54) is 6.07 Å². The zero-order chi connectivity index (χ0) is 18.0. The van der Waals surface area contributed by atoms with Gasteiger partial charge in [-0.25, -0.2) is 18.7 Å². The third-order valence-electron chi connectivity index (χ3n) is 3.97. The second kappa shape index (κ2) is 6.91. The Hall–Kier alpha value is -2.29. The van der Waals surface area contributed by atoms with Gasteiger partial charge in [0.25, 0.3) is 0 Å². The van der Waals surface area contributed by atoms with Crippen LogP contribution in [0.5, 0.6) is 0 Å². The Bertz CT molecular complexity index is 750. The van der Waals surface area contributed by atoms with Gasteiger partial charge < -0.3 is 5.32 Å². The summed E-state index contributed by atoms with van der Waals surface area (Å²) < 4.78 is 64.2. The summed E-state index contributed by atoms with van der Waals surface area (Å²) in [4.78, 5) is 9.04. The summed E-state index contributed by atoms with van der Waals surface area (Å²) in [5.74, 6) is -1.68. The molecule has 1 aromatic heterocycles. The summed E-state index contributed by atoms with van der Waals surface area (Å²) in [6.45, 7) is 1.69. The molecule has 134 valence electrons. The van der Waals surface area contributed by atoms with Crippen molar-refractivity contribution < 1.29 is 22.0 Å². The van der Waals surface area contributed by atoms with Gasteiger partial charge >= 0.3 is 6.18 Å². The number of nitrogens with zero attached hydrogens (tertiary/aromatic N) is 3. The second-order valence-electron chi connectivity index (χ2n) is 5.90. The zero-order valence-electron chi connectivity index (χ0n) is 13.0. The van der Waals surface area contributed by atoms with Crippen molar-refractivity contribution in [2.75, 3.05) is 18.4 Å². The summed E-state index contributed by atoms with van der Waals surface area (Å²) in [6.07, 6.45) is -2.94. The van der Waals surface area contributed by atoms with Crippen LogP contribution in [0.2, 0.25) is 0 Å². The van der Waals surface area contributed by atoms with Crippen LogP contribution in [0.25, 0.3) is 0 Å². The zero-order valence-corrected chi connectivity index (χ0v) is 13.0. The first-order chi connectivity index (χ1) is 11.8. The number of anilines is 1. The molecule has 0 amide bonds. The van der Waals surface area contributed by atoms with E-state index >= 15 is 0 Å². The average Bonchev–Trinajstić information content (AvgIpc) is 2.97. The van der Waals surface area contributed by atoms with Crippen molar-refractivity contribution in [1.29, 1.82) is 0 Å². The quantitative estimate of drug-likeness (QED) is 0.850. The summed E-state index contributed by atoms with van der Waals surface area (Å²) in [5, 5.41) is 2.96. The largest absolute Gasteiger partial charge is 0.433 e. The van der Waals surface area contributed by atoms with E-state index in [4.69, 9.17) is 0 Å². The van der Waals surface area contributed by atoms with Crippen LogP contribution in [0.1, 0.15) is 17.7 Å². The molecule has 4 nitrogen and oxygen atoms in total. The summed E-state index contributed by atoms with van der Waals surface area (Å²) in [6, 6.07) is 4.53. The summed E-state index contributed by atoms with van der Waals surface area (Å²) in [7, 11) is 0. The van der Waals surface area contributed by atoms with E-state index in [9.17, 15) is 22.0 Å². The van der Waals surface area contributed by atoms with Gasteiger partial charge in [-0.1, -0.05) is 6.07 Å². The lowest BCUT2D eigenvalue weighted by molar-refractivity contribution is -0.141. The fourth-order valence-corrected chi connectivity index (χ4v) is 2.79. The van der Waals surface area contributed by atoms with Crippen LogP contribution in [-0.4, -0.2) is 34.0 Å². The number of likely N-dealkylation sites (tertiary alicyclic amines) is 1. The smallest absolute Gasteiger partial charge is 0.366 e. The van der Waals surface area contributed by atoms with Crippen LogP contribution < -0.4 is 5.32 Å². The highest BCUT2D eigenvalue weighted by molar-refractivity contribution is 5.37. The van der Waals surface area contributed by atoms with Crippen molar-refractivity contribution in [3.63, 3.8) is 0 Å². The van der Waals surface area contributed by atoms with E-state index < -0.39 is 23.5 Å². The van der Waals surface area contributed by atoms with Crippen LogP contribution in [0.4, 0.5) is 27.8 Å². The predicted octanol–water partition coefficient (Wildman–Crippen LogP) is 3.46. The number of halogens is 5. The minimum Gasteiger partial charge on any atom is -0.366 e. The van der Waals surface area contributed by atoms with E-state index in [1.807, 2.05) is 4.90 Å². The van der Waals surface area contributed by atoms with Gasteiger partial charge in [-0.3, -0.25) is 4.90 Å². The van der Waals surface area contributed by atoms with Gasteiger partial charge in [-0.15, -0.1) is 0 Å². The molecule has 1 aromatic carbocycles. The molecular formula is C16H15F5N4. The molecule has 1 atom stereocenters. The normalized spacial score (nSPS) is 18.5. The SMILES string of the molecule is Fc1ccc(CN2CCC(Nc3cc(C(F)(F)F)ncn3)C2)cc1F. The van der Waals surface area contributed by atoms with Gasteiger partial charge in [0, 0.05) is 31.7 Å². The summed E-state index contributed by atoms with van der Waals surface area (Å²) >= 11 is 0. The maximum atomic E-state index is 13.2. The van der Waals surface area contributed by atoms with E-state index in [0.717, 1.165) is 24.5 Å². The lowest BCUT2D eigenvalue weighted by Crippen LogP contribution is -2.26. The highest BCUT2D eigenvalue weighted by Gasteiger charge is 2.33. The minimum absolute atomic E-state index is 0.0821. The summed E-state index contributed by atoms with van der Waals surface area (Å²) in [5.41, 5.74) is -0.359. The highest BCUT2D eigenvalue weighted by atomic mass is 19.4. The number of nitrogens with one attached hydrogen (secondary N) is 1. The number of rotatable bonds is 4. The number of alkyl halides is 3. The molecule has 2 aromatic rings. The van der Waals surface area contributed by atoms with E-state index in [0.29, 0.717) is 31.6 Å². The first-order valence-corrected chi connectivity index (χ1v) is 7.63. The van der Waals surface area contributed by atoms with Gasteiger partial charge in [-0.05, 0) is 24.1 Å². The molecule has 0 spiro atoms. The standard InChI is InChI=1S/C16H15F5N4/c17-12-2-1-10(5-13(12)18)7-25-4-3-11(8-25)24-15-6-14(16(19,20)21)22-9-23-15/h1-2,5-6,9,11H,3-4,7-8H2,(H,22,23,24). The first kappa shape index (κ1) is 17.5. The molecular weight excluding hydrogens is 343 g/mol. The molecule has 1 saturated heterocycles. The second-order valence-corrected chi connectivity index (χ2v) is 5.90. The molecule has 1 aliphatic rings. The van der Waals surface area contributed by atoms with Crippen molar-refractivity contribution in [3.05, 3.63) is 53.5 Å². The molecule has 0 bridgehead atoms. The third-order valence-corrected chi connectivity index (χ3v) is 3.97. The van der Waals surface area contributed by atoms with E-state index in [-0.39, 0.29) is 11.9 Å². The Balaban J connectivity index is 1.59. The predicted molar refractivity (Wildman–Crippen MR) is 80.7 cm³/mol.